The molecule has 1 amide bonds. The summed E-state index contributed by atoms with van der Waals surface area (Å²) in [5.74, 6) is 0.188. The summed E-state index contributed by atoms with van der Waals surface area (Å²) in [6.45, 7) is 8.96. The molecule has 110 valence electrons. The van der Waals surface area contributed by atoms with E-state index < -0.39 is 0 Å². The first-order valence-electron chi connectivity index (χ1n) is 7.66. The molecule has 0 unspecified atom stereocenters. The van der Waals surface area contributed by atoms with Gasteiger partial charge in [0.2, 0.25) is 5.91 Å². The molecule has 2 rings (SSSR count). The molecule has 0 bridgehead atoms. The molecule has 0 spiro atoms. The van der Waals surface area contributed by atoms with E-state index in [2.05, 4.69) is 41.4 Å². The lowest BCUT2D eigenvalue weighted by molar-refractivity contribution is -0.124. The first kappa shape index (κ1) is 15.0. The molecule has 0 radical (unpaired) electrons. The molecule has 1 N–H and O–H groups in total. The summed E-state index contributed by atoms with van der Waals surface area (Å²) in [6.07, 6.45) is 2.53. The molecule has 0 saturated carbocycles. The normalized spacial score (nSPS) is 17.4. The summed E-state index contributed by atoms with van der Waals surface area (Å²) in [6, 6.07) is 9.01. The summed E-state index contributed by atoms with van der Waals surface area (Å²) in [5, 5.41) is 3.09. The zero-order valence-electron chi connectivity index (χ0n) is 12.9. The lowest BCUT2D eigenvalue weighted by atomic mass is 10.0. The second-order valence-electron chi connectivity index (χ2n) is 6.07. The Balaban J connectivity index is 2.08. The van der Waals surface area contributed by atoms with Crippen LogP contribution in [0.2, 0.25) is 0 Å². The van der Waals surface area contributed by atoms with Crippen LogP contribution < -0.4 is 5.32 Å². The van der Waals surface area contributed by atoms with Crippen LogP contribution in [-0.2, 0) is 4.79 Å². The van der Waals surface area contributed by atoms with E-state index >= 15 is 0 Å². The van der Waals surface area contributed by atoms with Gasteiger partial charge in [0.05, 0.1) is 6.04 Å². The Bertz CT molecular complexity index is 433. The van der Waals surface area contributed by atoms with E-state index in [9.17, 15) is 4.79 Å². The number of rotatable bonds is 5. The molecule has 1 aromatic rings. The van der Waals surface area contributed by atoms with Crippen molar-refractivity contribution in [1.29, 1.82) is 0 Å². The largest absolute Gasteiger partial charge is 0.354 e. The Morgan fingerprint density at radius 2 is 1.80 bits per heavy atom. The number of nitrogens with one attached hydrogen (secondary N) is 1. The maximum atomic E-state index is 11.8. The molecule has 1 aromatic carbocycles. The number of aryl methyl sites for hydroxylation is 1. The molecule has 1 fully saturated rings. The van der Waals surface area contributed by atoms with Gasteiger partial charge in [-0.2, -0.15) is 0 Å². The molecule has 1 saturated heterocycles. The zero-order valence-corrected chi connectivity index (χ0v) is 12.9. The minimum absolute atomic E-state index is 0.0484. The van der Waals surface area contributed by atoms with Crippen molar-refractivity contribution < 1.29 is 4.79 Å². The highest BCUT2D eigenvalue weighted by Crippen LogP contribution is 2.24. The van der Waals surface area contributed by atoms with Crippen LogP contribution in [0.5, 0.6) is 0 Å². The van der Waals surface area contributed by atoms with Gasteiger partial charge in [0.25, 0.3) is 0 Å². The highest BCUT2D eigenvalue weighted by molar-refractivity contribution is 5.77. The van der Waals surface area contributed by atoms with E-state index in [0.29, 0.717) is 12.6 Å². The molecule has 0 aromatic heterocycles. The smallest absolute Gasteiger partial charge is 0.222 e. The van der Waals surface area contributed by atoms with Crippen LogP contribution in [0, 0.1) is 12.8 Å². The van der Waals surface area contributed by atoms with E-state index in [-0.39, 0.29) is 11.8 Å². The number of nitrogens with zero attached hydrogens (tertiary/aromatic N) is 1. The van der Waals surface area contributed by atoms with Crippen molar-refractivity contribution in [1.82, 2.24) is 10.2 Å². The van der Waals surface area contributed by atoms with Crippen molar-refractivity contribution in [3.05, 3.63) is 35.4 Å². The highest BCUT2D eigenvalue weighted by atomic mass is 16.1. The summed E-state index contributed by atoms with van der Waals surface area (Å²) in [5.41, 5.74) is 2.58. The number of carbonyl (C=O) groups is 1. The van der Waals surface area contributed by atoms with Crippen LogP contribution in [0.25, 0.3) is 0 Å². The predicted molar refractivity (Wildman–Crippen MR) is 82.6 cm³/mol. The second-order valence-corrected chi connectivity index (χ2v) is 6.07. The molecule has 1 aliphatic rings. The third-order valence-electron chi connectivity index (χ3n) is 4.04. The predicted octanol–water partition coefficient (Wildman–Crippen LogP) is 2.90. The summed E-state index contributed by atoms with van der Waals surface area (Å²) >= 11 is 0. The topological polar surface area (TPSA) is 32.3 Å². The number of carbonyl (C=O) groups excluding carboxylic acids is 1. The zero-order chi connectivity index (χ0) is 14.5. The van der Waals surface area contributed by atoms with Gasteiger partial charge >= 0.3 is 0 Å². The van der Waals surface area contributed by atoms with Crippen molar-refractivity contribution in [3.63, 3.8) is 0 Å². The van der Waals surface area contributed by atoms with Gasteiger partial charge in [-0.3, -0.25) is 9.69 Å². The van der Waals surface area contributed by atoms with Gasteiger partial charge in [0, 0.05) is 12.5 Å². The number of hydrogen-bond donors (Lipinski definition) is 1. The SMILES string of the molecule is Cc1ccc([C@@H](CNC(=O)C(C)C)N2CCCC2)cc1. The lowest BCUT2D eigenvalue weighted by Gasteiger charge is -2.28. The van der Waals surface area contributed by atoms with Gasteiger partial charge in [-0.25, -0.2) is 0 Å². The Hall–Kier alpha value is -1.35. The summed E-state index contributed by atoms with van der Waals surface area (Å²) < 4.78 is 0. The third kappa shape index (κ3) is 3.83. The first-order valence-corrected chi connectivity index (χ1v) is 7.66. The fraction of sp³-hybridized carbons (Fsp3) is 0.588. The van der Waals surface area contributed by atoms with E-state index in [4.69, 9.17) is 0 Å². The van der Waals surface area contributed by atoms with E-state index in [0.717, 1.165) is 13.1 Å². The van der Waals surface area contributed by atoms with Crippen LogP contribution in [0.15, 0.2) is 24.3 Å². The molecule has 1 atom stereocenters. The molecule has 3 nitrogen and oxygen atoms in total. The van der Waals surface area contributed by atoms with E-state index in [1.807, 2.05) is 13.8 Å². The van der Waals surface area contributed by atoms with E-state index in [1.54, 1.807) is 0 Å². The van der Waals surface area contributed by atoms with Gasteiger partial charge in [-0.05, 0) is 38.4 Å². The summed E-state index contributed by atoms with van der Waals surface area (Å²) in [7, 11) is 0. The van der Waals surface area contributed by atoms with Gasteiger partial charge in [0.1, 0.15) is 0 Å². The summed E-state index contributed by atoms with van der Waals surface area (Å²) in [4.78, 5) is 14.3. The van der Waals surface area contributed by atoms with Crippen molar-refractivity contribution in [3.8, 4) is 0 Å². The number of hydrogen-bond acceptors (Lipinski definition) is 2. The molecule has 1 aliphatic heterocycles. The van der Waals surface area contributed by atoms with Crippen LogP contribution in [-0.4, -0.2) is 30.4 Å². The van der Waals surface area contributed by atoms with Crippen LogP contribution in [0.3, 0.4) is 0 Å². The fourth-order valence-electron chi connectivity index (χ4n) is 2.70. The Morgan fingerprint density at radius 3 is 2.35 bits per heavy atom. The van der Waals surface area contributed by atoms with E-state index in [1.165, 1.54) is 24.0 Å². The van der Waals surface area contributed by atoms with Crippen molar-refractivity contribution >= 4 is 5.91 Å². The fourth-order valence-corrected chi connectivity index (χ4v) is 2.70. The van der Waals surface area contributed by atoms with Gasteiger partial charge in [-0.1, -0.05) is 43.7 Å². The van der Waals surface area contributed by atoms with Crippen molar-refractivity contribution in [2.75, 3.05) is 19.6 Å². The number of benzene rings is 1. The molecule has 20 heavy (non-hydrogen) atoms. The van der Waals surface area contributed by atoms with Gasteiger partial charge in [-0.15, -0.1) is 0 Å². The minimum Gasteiger partial charge on any atom is -0.354 e. The highest BCUT2D eigenvalue weighted by Gasteiger charge is 2.24. The van der Waals surface area contributed by atoms with Crippen LogP contribution in [0.4, 0.5) is 0 Å². The Morgan fingerprint density at radius 1 is 1.20 bits per heavy atom. The molecular weight excluding hydrogens is 248 g/mol. The van der Waals surface area contributed by atoms with Gasteiger partial charge in [0.15, 0.2) is 0 Å². The quantitative estimate of drug-likeness (QED) is 0.895. The molecular formula is C17H26N2O. The third-order valence-corrected chi connectivity index (χ3v) is 4.04. The number of amides is 1. The minimum atomic E-state index is 0.0484. The van der Waals surface area contributed by atoms with Crippen LogP contribution >= 0.6 is 0 Å². The van der Waals surface area contributed by atoms with Crippen molar-refractivity contribution in [2.24, 2.45) is 5.92 Å². The maximum Gasteiger partial charge on any atom is 0.222 e. The molecule has 1 heterocycles. The first-order chi connectivity index (χ1) is 9.58. The van der Waals surface area contributed by atoms with Crippen LogP contribution in [0.1, 0.15) is 43.9 Å². The Labute approximate surface area is 122 Å². The molecule has 0 aliphatic carbocycles. The lowest BCUT2D eigenvalue weighted by Crippen LogP contribution is -2.38. The maximum absolute atomic E-state index is 11.8. The average Bonchev–Trinajstić information content (AvgIpc) is 2.94. The second kappa shape index (κ2) is 6.89. The number of likely N-dealkylation sites (tertiary alicyclic amines) is 1. The standard InChI is InChI=1S/C17H26N2O/c1-13(2)17(20)18-12-16(19-10-4-5-11-19)15-8-6-14(3)7-9-15/h6-9,13,16H,4-5,10-12H2,1-3H3,(H,18,20)/t16-/m1/s1. The monoisotopic (exact) mass is 274 g/mol. The molecule has 3 heteroatoms. The van der Waals surface area contributed by atoms with Crippen molar-refractivity contribution in [2.45, 2.75) is 39.7 Å². The average molecular weight is 274 g/mol. The Kier molecular flexibility index (Phi) is 5.18. The van der Waals surface area contributed by atoms with Gasteiger partial charge < -0.3 is 5.32 Å².